The van der Waals surface area contributed by atoms with Gasteiger partial charge < -0.3 is 4.42 Å². The lowest BCUT2D eigenvalue weighted by Crippen LogP contribution is -2.12. The van der Waals surface area contributed by atoms with Gasteiger partial charge in [-0.25, -0.2) is 5.10 Å². The summed E-state index contributed by atoms with van der Waals surface area (Å²) >= 11 is 3.32. The number of hydrogen-bond acceptors (Lipinski definition) is 5. The molecule has 0 aliphatic carbocycles. The highest BCUT2D eigenvalue weighted by Crippen LogP contribution is 2.28. The molecule has 0 unspecified atom stereocenters. The average molecular weight is 410 g/mol. The van der Waals surface area contributed by atoms with Crippen LogP contribution in [0.3, 0.4) is 0 Å². The van der Waals surface area contributed by atoms with E-state index in [1.54, 1.807) is 18.2 Å². The third kappa shape index (κ3) is 3.41. The first-order valence-corrected chi connectivity index (χ1v) is 9.08. The lowest BCUT2D eigenvalue weighted by molar-refractivity contribution is 0.461. The van der Waals surface area contributed by atoms with Crippen LogP contribution in [-0.2, 0) is 10.0 Å². The zero-order valence-electron chi connectivity index (χ0n) is 12.4. The van der Waals surface area contributed by atoms with Crippen molar-refractivity contribution >= 4 is 31.6 Å². The molecule has 7 nitrogen and oxygen atoms in total. The van der Waals surface area contributed by atoms with Gasteiger partial charge in [-0.15, -0.1) is 0 Å². The predicted molar refractivity (Wildman–Crippen MR) is 92.2 cm³/mol. The van der Waals surface area contributed by atoms with Gasteiger partial charge in [0.25, 0.3) is 15.6 Å². The first-order valence-electron chi connectivity index (χ1n) is 6.80. The van der Waals surface area contributed by atoms with E-state index in [1.807, 2.05) is 6.92 Å². The second kappa shape index (κ2) is 6.25. The number of sulfonamides is 1. The molecule has 2 heterocycles. The van der Waals surface area contributed by atoms with Gasteiger partial charge in [-0.2, -0.15) is 13.5 Å². The quantitative estimate of drug-likeness (QED) is 0.688. The zero-order valence-corrected chi connectivity index (χ0v) is 14.8. The van der Waals surface area contributed by atoms with Crippen molar-refractivity contribution < 1.29 is 12.8 Å². The lowest BCUT2D eigenvalue weighted by atomic mass is 10.2. The van der Waals surface area contributed by atoms with Crippen LogP contribution in [-0.4, -0.2) is 18.6 Å². The number of aromatic nitrogens is 2. The third-order valence-corrected chi connectivity index (χ3v) is 5.04. The molecular weight excluding hydrogens is 398 g/mol. The van der Waals surface area contributed by atoms with E-state index in [1.165, 1.54) is 24.3 Å². The van der Waals surface area contributed by atoms with Crippen LogP contribution in [0, 0.1) is 6.92 Å². The van der Waals surface area contributed by atoms with Gasteiger partial charge in [0.15, 0.2) is 5.76 Å². The normalized spacial score (nSPS) is 11.4. The van der Waals surface area contributed by atoms with Crippen LogP contribution >= 0.6 is 15.9 Å². The summed E-state index contributed by atoms with van der Waals surface area (Å²) in [5, 5.41) is 5.81. The van der Waals surface area contributed by atoms with Gasteiger partial charge >= 0.3 is 0 Å². The molecule has 24 heavy (non-hydrogen) atoms. The first kappa shape index (κ1) is 16.5. The molecule has 0 atom stereocenters. The Kier molecular flexibility index (Phi) is 4.29. The molecule has 0 radical (unpaired) electrons. The Morgan fingerprint density at radius 2 is 1.96 bits per heavy atom. The van der Waals surface area contributed by atoms with Crippen LogP contribution in [0.4, 0.5) is 5.69 Å². The van der Waals surface area contributed by atoms with Crippen molar-refractivity contribution in [2.75, 3.05) is 4.72 Å². The Balaban J connectivity index is 1.90. The van der Waals surface area contributed by atoms with Crippen molar-refractivity contribution in [1.29, 1.82) is 0 Å². The number of hydrogen-bond donors (Lipinski definition) is 2. The molecule has 1 aromatic carbocycles. The number of benzene rings is 1. The Morgan fingerprint density at radius 1 is 1.17 bits per heavy atom. The molecule has 2 aromatic heterocycles. The van der Waals surface area contributed by atoms with Crippen molar-refractivity contribution in [3.05, 3.63) is 62.9 Å². The fourth-order valence-electron chi connectivity index (χ4n) is 1.98. The van der Waals surface area contributed by atoms with Crippen molar-refractivity contribution in [1.82, 2.24) is 10.2 Å². The minimum absolute atomic E-state index is 0.231. The minimum atomic E-state index is -3.89. The Hall–Kier alpha value is -2.39. The maximum Gasteiger partial charge on any atom is 0.295 e. The molecule has 0 spiro atoms. The lowest BCUT2D eigenvalue weighted by Gasteiger charge is -2.08. The molecule has 0 bridgehead atoms. The van der Waals surface area contributed by atoms with E-state index < -0.39 is 10.0 Å². The van der Waals surface area contributed by atoms with Gasteiger partial charge in [-0.3, -0.25) is 9.52 Å². The minimum Gasteiger partial charge on any atom is -0.441 e. The zero-order chi connectivity index (χ0) is 17.3. The second-order valence-electron chi connectivity index (χ2n) is 5.01. The topological polar surface area (TPSA) is 105 Å². The number of halogens is 1. The van der Waals surface area contributed by atoms with Crippen LogP contribution in [0.1, 0.15) is 5.56 Å². The monoisotopic (exact) mass is 409 g/mol. The molecule has 0 amide bonds. The number of nitrogens with one attached hydrogen (secondary N) is 2. The molecule has 0 aliphatic heterocycles. The number of aryl methyl sites for hydroxylation is 1. The van der Waals surface area contributed by atoms with E-state index in [4.69, 9.17) is 4.42 Å². The maximum absolute atomic E-state index is 12.4. The molecule has 0 saturated heterocycles. The summed E-state index contributed by atoms with van der Waals surface area (Å²) in [5.74, 6) is 0.231. The summed E-state index contributed by atoms with van der Waals surface area (Å²) in [4.78, 5) is 11.0. The van der Waals surface area contributed by atoms with E-state index in [0.29, 0.717) is 15.9 Å². The standard InChI is InChI=1S/C15H12BrN3O4S/c1-9-2-3-11(10(16)8-9)19-24(21,22)15-7-5-13(23-15)12-4-6-14(20)18-17-12/h2-8,19H,1H3,(H,18,20). The molecular formula is C15H12BrN3O4S. The molecule has 0 fully saturated rings. The van der Waals surface area contributed by atoms with Gasteiger partial charge in [-0.1, -0.05) is 6.07 Å². The fraction of sp³-hybridized carbons (Fsp3) is 0.0667. The molecule has 3 rings (SSSR count). The smallest absolute Gasteiger partial charge is 0.295 e. The third-order valence-electron chi connectivity index (χ3n) is 3.15. The summed E-state index contributed by atoms with van der Waals surface area (Å²) in [5.41, 5.74) is 1.37. The summed E-state index contributed by atoms with van der Waals surface area (Å²) in [6.07, 6.45) is 0. The van der Waals surface area contributed by atoms with E-state index in [-0.39, 0.29) is 16.4 Å². The first-order chi connectivity index (χ1) is 11.3. The van der Waals surface area contributed by atoms with Gasteiger partial charge in [0.05, 0.1) is 5.69 Å². The van der Waals surface area contributed by atoms with Crippen LogP contribution in [0.2, 0.25) is 0 Å². The van der Waals surface area contributed by atoms with Crippen LogP contribution in [0.5, 0.6) is 0 Å². The molecule has 0 aliphatic rings. The van der Waals surface area contributed by atoms with E-state index in [0.717, 1.165) is 5.56 Å². The van der Waals surface area contributed by atoms with E-state index >= 15 is 0 Å². The van der Waals surface area contributed by atoms with Gasteiger partial charge in [0, 0.05) is 10.5 Å². The molecule has 0 saturated carbocycles. The van der Waals surface area contributed by atoms with Crippen molar-refractivity contribution in [3.63, 3.8) is 0 Å². The number of nitrogens with zero attached hydrogens (tertiary/aromatic N) is 1. The Morgan fingerprint density at radius 3 is 2.62 bits per heavy atom. The molecule has 124 valence electrons. The maximum atomic E-state index is 12.4. The summed E-state index contributed by atoms with van der Waals surface area (Å²) in [6.45, 7) is 1.90. The van der Waals surface area contributed by atoms with Crippen molar-refractivity contribution in [2.24, 2.45) is 0 Å². The average Bonchev–Trinajstić information content (AvgIpc) is 3.02. The van der Waals surface area contributed by atoms with Crippen LogP contribution in [0.25, 0.3) is 11.5 Å². The predicted octanol–water partition coefficient (Wildman–Crippen LogP) is 2.90. The number of anilines is 1. The van der Waals surface area contributed by atoms with Crippen LogP contribution < -0.4 is 10.3 Å². The second-order valence-corrected chi connectivity index (χ2v) is 7.48. The highest BCUT2D eigenvalue weighted by atomic mass is 79.9. The number of rotatable bonds is 4. The molecule has 9 heteroatoms. The Bertz CT molecular complexity index is 1040. The van der Waals surface area contributed by atoms with Crippen LogP contribution in [0.15, 0.2) is 61.2 Å². The number of aromatic amines is 1. The van der Waals surface area contributed by atoms with Gasteiger partial charge in [0.1, 0.15) is 5.69 Å². The number of furan rings is 1. The largest absolute Gasteiger partial charge is 0.441 e. The summed E-state index contributed by atoms with van der Waals surface area (Å²) in [7, 11) is -3.89. The van der Waals surface area contributed by atoms with E-state index in [2.05, 4.69) is 30.8 Å². The SMILES string of the molecule is Cc1ccc(NS(=O)(=O)c2ccc(-c3ccc(=O)[nH]n3)o2)c(Br)c1. The fourth-order valence-corrected chi connectivity index (χ4v) is 3.72. The van der Waals surface area contributed by atoms with Gasteiger partial charge in [0.2, 0.25) is 5.09 Å². The molecule has 3 aromatic rings. The molecule has 2 N–H and O–H groups in total. The highest BCUT2D eigenvalue weighted by Gasteiger charge is 2.21. The summed E-state index contributed by atoms with van der Waals surface area (Å²) in [6, 6.07) is 10.8. The number of H-pyrrole nitrogens is 1. The van der Waals surface area contributed by atoms with Crippen molar-refractivity contribution in [2.45, 2.75) is 12.0 Å². The van der Waals surface area contributed by atoms with E-state index in [9.17, 15) is 13.2 Å². The Labute approximate surface area is 145 Å². The van der Waals surface area contributed by atoms with Gasteiger partial charge in [-0.05, 0) is 58.7 Å². The highest BCUT2D eigenvalue weighted by molar-refractivity contribution is 9.10. The van der Waals surface area contributed by atoms with Crippen molar-refractivity contribution in [3.8, 4) is 11.5 Å². The summed E-state index contributed by atoms with van der Waals surface area (Å²) < 4.78 is 33.3.